The molecule has 14 heteroatoms. The fraction of sp³-hybridized carbons (Fsp3) is 0.533. The van der Waals surface area contributed by atoms with Gasteiger partial charge in [0.25, 0.3) is 0 Å². The standard InChI is InChI=1S/C30H30F7NO5S/c1-26(25(40)41)13-11-18(12-14-26)24(39)38-16-15-27(44(42,43)21-5-3-2-4-6-21)22-9-8-20(17-19(22)7-10-23(27)38)28(31,29(32,33)34)30(35,36)37/h2-6,8-9,17-18,23H,7,10-16H2,1H3,(H,40,41)/t18?,23-,26?,27-/m1/s1. The summed E-state index contributed by atoms with van der Waals surface area (Å²) < 4.78 is 123. The third-order valence-corrected chi connectivity index (χ3v) is 12.4. The lowest BCUT2D eigenvalue weighted by molar-refractivity contribution is -0.348. The van der Waals surface area contributed by atoms with Crippen LogP contribution in [0.4, 0.5) is 30.7 Å². The molecular weight excluding hydrogens is 619 g/mol. The summed E-state index contributed by atoms with van der Waals surface area (Å²) in [6.45, 7) is 1.54. The molecule has 0 aromatic heterocycles. The number of aliphatic carboxylic acids is 1. The lowest BCUT2D eigenvalue weighted by atomic mass is 9.71. The molecule has 44 heavy (non-hydrogen) atoms. The van der Waals surface area contributed by atoms with Crippen molar-refractivity contribution in [3.63, 3.8) is 0 Å². The predicted octanol–water partition coefficient (Wildman–Crippen LogP) is 6.47. The topological polar surface area (TPSA) is 91.8 Å². The minimum Gasteiger partial charge on any atom is -0.481 e. The quantitative estimate of drug-likeness (QED) is 0.375. The van der Waals surface area contributed by atoms with Crippen LogP contribution in [0.5, 0.6) is 0 Å². The van der Waals surface area contributed by atoms with Gasteiger partial charge in [-0.2, -0.15) is 26.3 Å². The van der Waals surface area contributed by atoms with E-state index in [9.17, 15) is 53.8 Å². The Morgan fingerprint density at radius 3 is 2.02 bits per heavy atom. The van der Waals surface area contributed by atoms with Crippen molar-refractivity contribution in [1.82, 2.24) is 4.90 Å². The van der Waals surface area contributed by atoms with Crippen LogP contribution < -0.4 is 0 Å². The Balaban J connectivity index is 1.61. The van der Waals surface area contributed by atoms with Gasteiger partial charge in [0.15, 0.2) is 9.84 Å². The highest BCUT2D eigenvalue weighted by Crippen LogP contribution is 2.57. The minimum atomic E-state index is -6.34. The van der Waals surface area contributed by atoms with Crippen LogP contribution >= 0.6 is 0 Å². The second-order valence-electron chi connectivity index (χ2n) is 12.2. The molecule has 1 heterocycles. The molecule has 1 saturated heterocycles. The fourth-order valence-corrected chi connectivity index (χ4v) is 9.64. The maximum absolute atomic E-state index is 15.0. The van der Waals surface area contributed by atoms with Gasteiger partial charge in [-0.15, -0.1) is 0 Å². The zero-order valence-electron chi connectivity index (χ0n) is 23.5. The number of rotatable bonds is 5. The maximum atomic E-state index is 15.0. The molecule has 6 nitrogen and oxygen atoms in total. The van der Waals surface area contributed by atoms with Crippen LogP contribution in [0, 0.1) is 11.3 Å². The molecular formula is C30H30F7NO5S. The largest absolute Gasteiger partial charge is 0.481 e. The molecule has 0 unspecified atom stereocenters. The highest BCUT2D eigenvalue weighted by atomic mass is 32.2. The molecule has 3 aliphatic rings. The predicted molar refractivity (Wildman–Crippen MR) is 143 cm³/mol. The van der Waals surface area contributed by atoms with Crippen LogP contribution in [0.25, 0.3) is 0 Å². The first-order valence-corrected chi connectivity index (χ1v) is 15.6. The molecule has 0 spiro atoms. The number of hydrogen-bond donors (Lipinski definition) is 1. The molecule has 1 aliphatic heterocycles. The van der Waals surface area contributed by atoms with Crippen molar-refractivity contribution in [3.05, 3.63) is 65.2 Å². The molecule has 240 valence electrons. The summed E-state index contributed by atoms with van der Waals surface area (Å²) in [5.74, 6) is -1.93. The molecule has 1 saturated carbocycles. The first-order chi connectivity index (χ1) is 20.3. The third kappa shape index (κ3) is 4.61. The second-order valence-corrected chi connectivity index (χ2v) is 14.4. The zero-order chi connectivity index (χ0) is 32.5. The number of carbonyl (C=O) groups is 2. The Bertz CT molecular complexity index is 1550. The normalized spacial score (nSPS) is 27.9. The van der Waals surface area contributed by atoms with E-state index < -0.39 is 61.5 Å². The van der Waals surface area contributed by atoms with E-state index in [1.165, 1.54) is 29.2 Å². The van der Waals surface area contributed by atoms with E-state index in [0.29, 0.717) is 12.1 Å². The molecule has 2 fully saturated rings. The van der Waals surface area contributed by atoms with Crippen molar-refractivity contribution < 1.29 is 53.8 Å². The fourth-order valence-electron chi connectivity index (χ4n) is 7.25. The van der Waals surface area contributed by atoms with Gasteiger partial charge >= 0.3 is 24.0 Å². The van der Waals surface area contributed by atoms with Gasteiger partial charge in [0.2, 0.25) is 5.91 Å². The monoisotopic (exact) mass is 649 g/mol. The summed E-state index contributed by atoms with van der Waals surface area (Å²) in [4.78, 5) is 26.8. The minimum absolute atomic E-state index is 0.0540. The van der Waals surface area contributed by atoms with Gasteiger partial charge in [-0.3, -0.25) is 9.59 Å². The summed E-state index contributed by atoms with van der Waals surface area (Å²) in [6.07, 6.45) is -12.2. The molecule has 2 aromatic carbocycles. The summed E-state index contributed by atoms with van der Waals surface area (Å²) in [6, 6.07) is 7.76. The zero-order valence-corrected chi connectivity index (χ0v) is 24.3. The van der Waals surface area contributed by atoms with Crippen molar-refractivity contribution in [2.24, 2.45) is 11.3 Å². The number of carbonyl (C=O) groups excluding carboxylic acids is 1. The number of alkyl halides is 7. The molecule has 2 atom stereocenters. The molecule has 1 amide bonds. The highest BCUT2D eigenvalue weighted by molar-refractivity contribution is 7.92. The summed E-state index contributed by atoms with van der Waals surface area (Å²) >= 11 is 0. The van der Waals surface area contributed by atoms with E-state index in [-0.39, 0.29) is 73.4 Å². The van der Waals surface area contributed by atoms with Crippen molar-refractivity contribution >= 4 is 21.7 Å². The number of aryl methyl sites for hydroxylation is 1. The Labute approximate surface area is 249 Å². The van der Waals surface area contributed by atoms with Crippen LogP contribution in [0.2, 0.25) is 0 Å². The van der Waals surface area contributed by atoms with Gasteiger partial charge in [0.05, 0.1) is 16.4 Å². The highest BCUT2D eigenvalue weighted by Gasteiger charge is 2.74. The summed E-state index contributed by atoms with van der Waals surface area (Å²) in [5, 5.41) is 9.56. The Kier molecular flexibility index (Phi) is 7.66. The first kappa shape index (κ1) is 32.2. The summed E-state index contributed by atoms with van der Waals surface area (Å²) in [5.41, 5.74) is -8.61. The average Bonchev–Trinajstić information content (AvgIpc) is 3.37. The molecule has 2 aliphatic carbocycles. The number of hydrogen-bond acceptors (Lipinski definition) is 4. The van der Waals surface area contributed by atoms with E-state index in [1.54, 1.807) is 13.0 Å². The van der Waals surface area contributed by atoms with Gasteiger partial charge in [-0.25, -0.2) is 12.8 Å². The molecule has 0 radical (unpaired) electrons. The Morgan fingerprint density at radius 1 is 0.886 bits per heavy atom. The SMILES string of the molecule is CC1(C(=O)O)CCC(C(=O)N2CC[C@@]3(S(=O)(=O)c4ccccc4)c4ccc(C(F)(C(F)(F)F)C(F)(F)F)cc4CC[C@@H]23)CC1. The number of carboxylic acid groups (broad SMARTS) is 1. The average molecular weight is 650 g/mol. The van der Waals surface area contributed by atoms with Crippen molar-refractivity contribution in [1.29, 1.82) is 0 Å². The Hall–Kier alpha value is -3.16. The van der Waals surface area contributed by atoms with Crippen molar-refractivity contribution in [2.75, 3.05) is 6.54 Å². The van der Waals surface area contributed by atoms with Crippen LogP contribution in [-0.4, -0.2) is 55.2 Å². The number of halogens is 7. The van der Waals surface area contributed by atoms with E-state index >= 15 is 0 Å². The van der Waals surface area contributed by atoms with Crippen LogP contribution in [0.15, 0.2) is 53.4 Å². The molecule has 1 N–H and O–H groups in total. The van der Waals surface area contributed by atoms with Gasteiger partial charge in [0, 0.05) is 18.0 Å². The number of amides is 1. The van der Waals surface area contributed by atoms with Crippen LogP contribution in [-0.2, 0) is 36.3 Å². The molecule has 0 bridgehead atoms. The number of carboxylic acids is 1. The maximum Gasteiger partial charge on any atom is 0.435 e. The smallest absolute Gasteiger partial charge is 0.435 e. The van der Waals surface area contributed by atoms with Crippen LogP contribution in [0.3, 0.4) is 0 Å². The van der Waals surface area contributed by atoms with Gasteiger partial charge in [-0.1, -0.05) is 36.4 Å². The number of benzene rings is 2. The molecule has 5 rings (SSSR count). The number of sulfone groups is 1. The number of nitrogens with zero attached hydrogens (tertiary/aromatic N) is 1. The van der Waals surface area contributed by atoms with E-state index in [2.05, 4.69) is 0 Å². The Morgan fingerprint density at radius 2 is 1.48 bits per heavy atom. The lowest BCUT2D eigenvalue weighted by Gasteiger charge is -2.44. The number of likely N-dealkylation sites (tertiary alicyclic amines) is 1. The van der Waals surface area contributed by atoms with E-state index in [0.717, 1.165) is 6.07 Å². The van der Waals surface area contributed by atoms with Gasteiger partial charge in [-0.05, 0) is 75.1 Å². The van der Waals surface area contributed by atoms with Crippen LogP contribution in [0.1, 0.15) is 62.1 Å². The first-order valence-electron chi connectivity index (χ1n) is 14.1. The van der Waals surface area contributed by atoms with Crippen molar-refractivity contribution in [3.8, 4) is 0 Å². The molecule has 2 aromatic rings. The lowest BCUT2D eigenvalue weighted by Crippen LogP contribution is -2.54. The number of fused-ring (bicyclic) bond motifs is 3. The van der Waals surface area contributed by atoms with E-state index in [4.69, 9.17) is 0 Å². The summed E-state index contributed by atoms with van der Waals surface area (Å²) in [7, 11) is -4.42. The van der Waals surface area contributed by atoms with E-state index in [1.807, 2.05) is 0 Å². The third-order valence-electron chi connectivity index (χ3n) is 9.84. The van der Waals surface area contributed by atoms with Crippen molar-refractivity contribution in [2.45, 2.75) is 85.6 Å². The second kappa shape index (κ2) is 10.4. The van der Waals surface area contributed by atoms with Gasteiger partial charge in [0.1, 0.15) is 4.75 Å². The van der Waals surface area contributed by atoms with Gasteiger partial charge < -0.3 is 10.0 Å².